The zero-order valence-electron chi connectivity index (χ0n) is 7.49. The fourth-order valence-corrected chi connectivity index (χ4v) is 1.85. The Kier molecular flexibility index (Phi) is 2.00. The molecule has 2 N–H and O–H groups in total. The van der Waals surface area contributed by atoms with Crippen LogP contribution in [-0.4, -0.2) is 63.4 Å². The van der Waals surface area contributed by atoms with Gasteiger partial charge in [0.15, 0.2) is 5.78 Å². The minimum atomic E-state index is -1.39. The molecule has 2 rings (SSSR count). The highest BCUT2D eigenvalue weighted by molar-refractivity contribution is 5.94. The van der Waals surface area contributed by atoms with Crippen molar-refractivity contribution in [2.24, 2.45) is 0 Å². The summed E-state index contributed by atoms with van der Waals surface area (Å²) in [4.78, 5) is 38.4. The maximum Gasteiger partial charge on any atom is 0.432 e. The lowest BCUT2D eigenvalue weighted by Gasteiger charge is -2.17. The molecule has 0 unspecified atom stereocenters. The molecule has 2 amide bonds. The van der Waals surface area contributed by atoms with Gasteiger partial charge in [-0.3, -0.25) is 14.5 Å². The number of hydroxylamine groups is 2. The van der Waals surface area contributed by atoms with Gasteiger partial charge in [-0.15, -0.1) is 0 Å². The summed E-state index contributed by atoms with van der Waals surface area (Å²) < 4.78 is 0. The molecule has 0 spiro atoms. The van der Waals surface area contributed by atoms with Crippen LogP contribution in [0.4, 0.5) is 9.59 Å². The number of carbonyl (C=O) groups excluding carboxylic acids is 1. The number of hydrogen-bond acceptors (Lipinski definition) is 4. The molecule has 0 saturated carbocycles. The predicted molar refractivity (Wildman–Crippen MR) is 43.1 cm³/mol. The summed E-state index contributed by atoms with van der Waals surface area (Å²) in [7, 11) is 0. The number of rotatable bonds is 0. The lowest BCUT2D eigenvalue weighted by molar-refractivity contribution is -0.137. The van der Waals surface area contributed by atoms with Gasteiger partial charge in [0.25, 0.3) is 0 Å². The van der Waals surface area contributed by atoms with Crippen molar-refractivity contribution in [1.82, 2.24) is 9.96 Å². The first-order valence-electron chi connectivity index (χ1n) is 4.19. The van der Waals surface area contributed by atoms with Crippen molar-refractivity contribution in [3.63, 3.8) is 0 Å². The quantitative estimate of drug-likeness (QED) is 0.549. The molecule has 15 heavy (non-hydrogen) atoms. The Morgan fingerprint density at radius 3 is 2.53 bits per heavy atom. The van der Waals surface area contributed by atoms with Crippen LogP contribution in [0.3, 0.4) is 0 Å². The van der Waals surface area contributed by atoms with E-state index < -0.39 is 30.1 Å². The Bertz CT molecular complexity index is 330. The summed E-state index contributed by atoms with van der Waals surface area (Å²) in [6.07, 6.45) is -2.63. The number of fused-ring (bicyclic) bond motifs is 1. The molecule has 2 saturated heterocycles. The topological polar surface area (TPSA) is 107 Å². The molecule has 0 aliphatic carbocycles. The second kappa shape index (κ2) is 3.09. The predicted octanol–water partition coefficient (Wildman–Crippen LogP) is -0.788. The van der Waals surface area contributed by atoms with Crippen LogP contribution in [0.15, 0.2) is 0 Å². The molecular formula is C7H8N2O6. The molecule has 8 nitrogen and oxygen atoms in total. The fourth-order valence-electron chi connectivity index (χ4n) is 1.85. The fraction of sp³-hybridized carbons (Fsp3) is 0.571. The molecule has 0 aromatic rings. The van der Waals surface area contributed by atoms with E-state index >= 15 is 0 Å². The maximum atomic E-state index is 11.4. The normalized spacial score (nSPS) is 29.5. The molecule has 2 aliphatic rings. The van der Waals surface area contributed by atoms with Crippen molar-refractivity contribution >= 4 is 18.0 Å². The van der Waals surface area contributed by atoms with Gasteiger partial charge in [0.1, 0.15) is 6.04 Å². The molecule has 2 aliphatic heterocycles. The van der Waals surface area contributed by atoms with E-state index in [2.05, 4.69) is 0 Å². The minimum absolute atomic E-state index is 0.102. The highest BCUT2D eigenvalue weighted by Crippen LogP contribution is 2.27. The molecule has 82 valence electrons. The standard InChI is InChI=1S/C7H8N2O6/c10-4-1-8(6(11)12)3-2-15-9(5(3)4)7(13)14/h3,5H,1-2H2,(H,11,12)(H,13,14)/t3-,5+/m1/s1. The third kappa shape index (κ3) is 1.30. The highest BCUT2D eigenvalue weighted by Gasteiger charge is 2.53. The van der Waals surface area contributed by atoms with Crippen molar-refractivity contribution < 1.29 is 29.4 Å². The van der Waals surface area contributed by atoms with Gasteiger partial charge in [-0.25, -0.2) is 9.59 Å². The second-order valence-electron chi connectivity index (χ2n) is 3.29. The maximum absolute atomic E-state index is 11.4. The van der Waals surface area contributed by atoms with Crippen LogP contribution in [0.2, 0.25) is 0 Å². The monoisotopic (exact) mass is 216 g/mol. The summed E-state index contributed by atoms with van der Waals surface area (Å²) in [5.74, 6) is -0.456. The van der Waals surface area contributed by atoms with E-state index in [9.17, 15) is 14.4 Å². The zero-order valence-corrected chi connectivity index (χ0v) is 7.49. The van der Waals surface area contributed by atoms with Gasteiger partial charge in [-0.1, -0.05) is 0 Å². The zero-order chi connectivity index (χ0) is 11.2. The molecule has 0 radical (unpaired) electrons. The van der Waals surface area contributed by atoms with Crippen LogP contribution >= 0.6 is 0 Å². The first-order valence-corrected chi connectivity index (χ1v) is 4.19. The molecular weight excluding hydrogens is 208 g/mol. The smallest absolute Gasteiger partial charge is 0.432 e. The number of ketones is 1. The van der Waals surface area contributed by atoms with Gasteiger partial charge in [-0.05, 0) is 0 Å². The molecule has 2 fully saturated rings. The highest BCUT2D eigenvalue weighted by atomic mass is 16.7. The van der Waals surface area contributed by atoms with Crippen molar-refractivity contribution in [3.8, 4) is 0 Å². The van der Waals surface area contributed by atoms with Gasteiger partial charge in [0.05, 0.1) is 19.2 Å². The van der Waals surface area contributed by atoms with Crippen LogP contribution in [0.1, 0.15) is 0 Å². The number of likely N-dealkylation sites (tertiary alicyclic amines) is 1. The number of hydrogen-bond donors (Lipinski definition) is 2. The first kappa shape index (κ1) is 9.71. The van der Waals surface area contributed by atoms with E-state index in [0.29, 0.717) is 5.06 Å². The van der Waals surface area contributed by atoms with E-state index in [-0.39, 0.29) is 13.2 Å². The molecule has 0 aromatic carbocycles. The molecule has 2 atom stereocenters. The number of carbonyl (C=O) groups is 3. The third-order valence-electron chi connectivity index (χ3n) is 2.49. The van der Waals surface area contributed by atoms with Crippen molar-refractivity contribution in [2.45, 2.75) is 12.1 Å². The number of Topliss-reactive ketones (excluding diaryl/α,β-unsaturated/α-hetero) is 1. The number of amides is 2. The second-order valence-corrected chi connectivity index (χ2v) is 3.29. The van der Waals surface area contributed by atoms with Crippen LogP contribution < -0.4 is 0 Å². The van der Waals surface area contributed by atoms with Gasteiger partial charge in [-0.2, -0.15) is 5.06 Å². The summed E-state index contributed by atoms with van der Waals surface area (Å²) in [5, 5.41) is 18.0. The van der Waals surface area contributed by atoms with Gasteiger partial charge < -0.3 is 10.2 Å². The van der Waals surface area contributed by atoms with Crippen molar-refractivity contribution in [3.05, 3.63) is 0 Å². The van der Waals surface area contributed by atoms with Crippen LogP contribution in [0.25, 0.3) is 0 Å². The largest absolute Gasteiger partial charge is 0.465 e. The molecule has 0 bridgehead atoms. The summed E-state index contributed by atoms with van der Waals surface area (Å²) in [5.41, 5.74) is 0. The summed E-state index contributed by atoms with van der Waals surface area (Å²) in [6, 6.07) is -1.73. The van der Waals surface area contributed by atoms with Gasteiger partial charge in [0, 0.05) is 0 Å². The van der Waals surface area contributed by atoms with Gasteiger partial charge in [0.2, 0.25) is 0 Å². The number of nitrogens with zero attached hydrogens (tertiary/aromatic N) is 2. The average Bonchev–Trinajstić information content (AvgIpc) is 2.66. The first-order chi connectivity index (χ1) is 7.02. The van der Waals surface area contributed by atoms with E-state index in [0.717, 1.165) is 4.90 Å². The van der Waals surface area contributed by atoms with Crippen molar-refractivity contribution in [1.29, 1.82) is 0 Å². The van der Waals surface area contributed by atoms with Crippen LogP contribution in [0, 0.1) is 0 Å². The molecule has 2 heterocycles. The van der Waals surface area contributed by atoms with E-state index in [1.165, 1.54) is 0 Å². The lowest BCUT2D eigenvalue weighted by Crippen LogP contribution is -2.42. The molecule has 8 heteroatoms. The Hall–Kier alpha value is -1.83. The molecule has 0 aromatic heterocycles. The van der Waals surface area contributed by atoms with E-state index in [1.807, 2.05) is 0 Å². The minimum Gasteiger partial charge on any atom is -0.465 e. The Morgan fingerprint density at radius 2 is 2.00 bits per heavy atom. The van der Waals surface area contributed by atoms with Crippen LogP contribution in [-0.2, 0) is 9.63 Å². The summed E-state index contributed by atoms with van der Waals surface area (Å²) >= 11 is 0. The number of carboxylic acid groups (broad SMARTS) is 2. The SMILES string of the molecule is O=C1CN(C(=O)O)[C@@H]2CON(C(=O)O)[C@H]12. The lowest BCUT2D eigenvalue weighted by atomic mass is 10.1. The Balaban J connectivity index is 2.24. The third-order valence-corrected chi connectivity index (χ3v) is 2.49. The van der Waals surface area contributed by atoms with Gasteiger partial charge >= 0.3 is 12.2 Å². The summed E-state index contributed by atoms with van der Waals surface area (Å²) in [6.45, 7) is -0.382. The van der Waals surface area contributed by atoms with E-state index in [4.69, 9.17) is 15.1 Å². The Labute approximate surface area is 83.6 Å². The average molecular weight is 216 g/mol. The Morgan fingerprint density at radius 1 is 1.33 bits per heavy atom. The van der Waals surface area contributed by atoms with Crippen LogP contribution in [0.5, 0.6) is 0 Å². The van der Waals surface area contributed by atoms with Crippen molar-refractivity contribution in [2.75, 3.05) is 13.2 Å². The van der Waals surface area contributed by atoms with E-state index in [1.54, 1.807) is 0 Å².